The van der Waals surface area contributed by atoms with Gasteiger partial charge in [-0.25, -0.2) is 0 Å². The normalized spacial score (nSPS) is 13.9. The van der Waals surface area contributed by atoms with Crippen LogP contribution in [0.3, 0.4) is 0 Å². The molecule has 0 radical (unpaired) electrons. The summed E-state index contributed by atoms with van der Waals surface area (Å²) in [4.78, 5) is 0. The molecule has 1 aromatic carbocycles. The van der Waals surface area contributed by atoms with E-state index < -0.39 is 5.60 Å². The van der Waals surface area contributed by atoms with Crippen molar-refractivity contribution in [3.8, 4) is 6.07 Å². The molecule has 0 saturated carbocycles. The zero-order valence-electron chi connectivity index (χ0n) is 9.42. The van der Waals surface area contributed by atoms with E-state index in [1.54, 1.807) is 25.1 Å². The van der Waals surface area contributed by atoms with Crippen molar-refractivity contribution in [1.82, 2.24) is 0 Å². The molecular formula is C12H15ClN2O. The van der Waals surface area contributed by atoms with Crippen molar-refractivity contribution in [3.05, 3.63) is 28.8 Å². The molecule has 86 valence electrons. The van der Waals surface area contributed by atoms with Gasteiger partial charge in [0.15, 0.2) is 0 Å². The monoisotopic (exact) mass is 238 g/mol. The third-order valence-electron chi connectivity index (χ3n) is 2.52. The van der Waals surface area contributed by atoms with E-state index in [4.69, 9.17) is 16.9 Å². The molecule has 0 heterocycles. The molecule has 0 aromatic heterocycles. The van der Waals surface area contributed by atoms with Crippen LogP contribution in [0.25, 0.3) is 0 Å². The minimum absolute atomic E-state index is 0.420. The number of rotatable bonds is 4. The number of halogens is 1. The van der Waals surface area contributed by atoms with Crippen LogP contribution in [0.15, 0.2) is 18.2 Å². The smallest absolute Gasteiger partial charge is 0.101 e. The second kappa shape index (κ2) is 5.20. The first kappa shape index (κ1) is 12.8. The molecule has 0 aliphatic heterocycles. The highest BCUT2D eigenvalue weighted by molar-refractivity contribution is 6.32. The van der Waals surface area contributed by atoms with E-state index in [1.165, 1.54) is 0 Å². The van der Waals surface area contributed by atoms with Crippen LogP contribution in [0.5, 0.6) is 0 Å². The highest BCUT2D eigenvalue weighted by atomic mass is 35.5. The fourth-order valence-corrected chi connectivity index (χ4v) is 1.36. The van der Waals surface area contributed by atoms with Crippen molar-refractivity contribution in [3.63, 3.8) is 0 Å². The zero-order chi connectivity index (χ0) is 12.2. The molecule has 16 heavy (non-hydrogen) atoms. The number of hydrogen-bond donors (Lipinski definition) is 2. The van der Waals surface area contributed by atoms with Crippen molar-refractivity contribution in [2.45, 2.75) is 25.9 Å². The van der Waals surface area contributed by atoms with Crippen LogP contribution in [-0.2, 0) is 0 Å². The van der Waals surface area contributed by atoms with Crippen molar-refractivity contribution in [2.24, 2.45) is 0 Å². The molecule has 1 unspecified atom stereocenters. The molecule has 1 atom stereocenters. The van der Waals surface area contributed by atoms with Gasteiger partial charge in [0.1, 0.15) is 6.07 Å². The van der Waals surface area contributed by atoms with E-state index in [2.05, 4.69) is 5.32 Å². The van der Waals surface area contributed by atoms with Crippen LogP contribution in [0.4, 0.5) is 5.69 Å². The fraction of sp³-hybridized carbons (Fsp3) is 0.417. The van der Waals surface area contributed by atoms with E-state index in [9.17, 15) is 5.11 Å². The zero-order valence-corrected chi connectivity index (χ0v) is 10.2. The first-order chi connectivity index (χ1) is 7.48. The summed E-state index contributed by atoms with van der Waals surface area (Å²) in [6.07, 6.45) is 0.671. The second-order valence-corrected chi connectivity index (χ2v) is 4.42. The predicted octanol–water partition coefficient (Wildman–Crippen LogP) is 2.78. The predicted molar refractivity (Wildman–Crippen MR) is 65.6 cm³/mol. The van der Waals surface area contributed by atoms with Gasteiger partial charge < -0.3 is 10.4 Å². The van der Waals surface area contributed by atoms with Gasteiger partial charge in [-0.1, -0.05) is 18.5 Å². The van der Waals surface area contributed by atoms with Crippen LogP contribution in [0.1, 0.15) is 25.8 Å². The topological polar surface area (TPSA) is 56.0 Å². The summed E-state index contributed by atoms with van der Waals surface area (Å²) in [6.45, 7) is 4.14. The Bertz CT molecular complexity index is 410. The van der Waals surface area contributed by atoms with Crippen LogP contribution in [0.2, 0.25) is 5.02 Å². The maximum atomic E-state index is 9.81. The number of aliphatic hydroxyl groups is 1. The van der Waals surface area contributed by atoms with Crippen LogP contribution >= 0.6 is 11.6 Å². The largest absolute Gasteiger partial charge is 0.388 e. The third kappa shape index (κ3) is 3.41. The van der Waals surface area contributed by atoms with Crippen molar-refractivity contribution in [2.75, 3.05) is 11.9 Å². The molecule has 1 rings (SSSR count). The molecule has 0 amide bonds. The summed E-state index contributed by atoms with van der Waals surface area (Å²) < 4.78 is 0. The van der Waals surface area contributed by atoms with E-state index in [1.807, 2.05) is 13.0 Å². The first-order valence-electron chi connectivity index (χ1n) is 5.14. The summed E-state index contributed by atoms with van der Waals surface area (Å²) in [5.74, 6) is 0. The molecule has 0 fully saturated rings. The molecule has 0 aliphatic rings. The van der Waals surface area contributed by atoms with E-state index in [-0.39, 0.29) is 0 Å². The van der Waals surface area contributed by atoms with Gasteiger partial charge in [0.05, 0.1) is 16.2 Å². The number of nitrogens with one attached hydrogen (secondary N) is 1. The van der Waals surface area contributed by atoms with Gasteiger partial charge in [-0.3, -0.25) is 0 Å². The van der Waals surface area contributed by atoms with Gasteiger partial charge in [-0.2, -0.15) is 5.26 Å². The molecule has 4 heteroatoms. The molecule has 0 spiro atoms. The van der Waals surface area contributed by atoms with Gasteiger partial charge in [0.25, 0.3) is 0 Å². The van der Waals surface area contributed by atoms with Crippen molar-refractivity contribution in [1.29, 1.82) is 5.26 Å². The van der Waals surface area contributed by atoms with Gasteiger partial charge in [-0.15, -0.1) is 0 Å². The summed E-state index contributed by atoms with van der Waals surface area (Å²) in [7, 11) is 0. The SMILES string of the molecule is CCC(C)(O)CNc1ccc(C#N)c(Cl)c1. The van der Waals surface area contributed by atoms with Gasteiger partial charge in [0, 0.05) is 12.2 Å². The van der Waals surface area contributed by atoms with Crippen LogP contribution < -0.4 is 5.32 Å². The lowest BCUT2D eigenvalue weighted by molar-refractivity contribution is 0.0697. The molecule has 3 nitrogen and oxygen atoms in total. The average molecular weight is 239 g/mol. The Labute approximate surface area is 101 Å². The average Bonchev–Trinajstić information content (AvgIpc) is 2.27. The standard InChI is InChI=1S/C12H15ClN2O/c1-3-12(2,16)8-15-10-5-4-9(7-14)11(13)6-10/h4-6,15-16H,3,8H2,1-2H3. The van der Waals surface area contributed by atoms with Crippen LogP contribution in [-0.4, -0.2) is 17.3 Å². The third-order valence-corrected chi connectivity index (χ3v) is 2.84. The lowest BCUT2D eigenvalue weighted by atomic mass is 10.0. The Morgan fingerprint density at radius 2 is 2.25 bits per heavy atom. The summed E-state index contributed by atoms with van der Waals surface area (Å²) in [5, 5.41) is 22.0. The first-order valence-corrected chi connectivity index (χ1v) is 5.52. The lowest BCUT2D eigenvalue weighted by Gasteiger charge is -2.22. The van der Waals surface area contributed by atoms with Gasteiger partial charge in [-0.05, 0) is 31.5 Å². The minimum atomic E-state index is -0.736. The molecule has 1 aromatic rings. The summed E-state index contributed by atoms with van der Waals surface area (Å²) >= 11 is 5.89. The number of benzene rings is 1. The Hall–Kier alpha value is -1.24. The van der Waals surface area contributed by atoms with Crippen molar-refractivity contribution >= 4 is 17.3 Å². The summed E-state index contributed by atoms with van der Waals surface area (Å²) in [5.41, 5.74) is 0.521. The summed E-state index contributed by atoms with van der Waals surface area (Å²) in [6, 6.07) is 7.12. The number of nitriles is 1. The number of nitrogens with zero attached hydrogens (tertiary/aromatic N) is 1. The van der Waals surface area contributed by atoms with Crippen LogP contribution in [0, 0.1) is 11.3 Å². The second-order valence-electron chi connectivity index (χ2n) is 4.01. The molecule has 2 N–H and O–H groups in total. The fourth-order valence-electron chi connectivity index (χ4n) is 1.13. The molecular weight excluding hydrogens is 224 g/mol. The molecule has 0 saturated heterocycles. The van der Waals surface area contributed by atoms with E-state index in [0.29, 0.717) is 23.6 Å². The highest BCUT2D eigenvalue weighted by Crippen LogP contribution is 2.21. The van der Waals surface area contributed by atoms with Gasteiger partial charge in [0.2, 0.25) is 0 Å². The number of hydrogen-bond acceptors (Lipinski definition) is 3. The molecule has 0 bridgehead atoms. The van der Waals surface area contributed by atoms with E-state index >= 15 is 0 Å². The Morgan fingerprint density at radius 3 is 2.75 bits per heavy atom. The van der Waals surface area contributed by atoms with Gasteiger partial charge >= 0.3 is 0 Å². The van der Waals surface area contributed by atoms with Crippen molar-refractivity contribution < 1.29 is 5.11 Å². The Kier molecular flexibility index (Phi) is 4.17. The maximum Gasteiger partial charge on any atom is 0.101 e. The maximum absolute atomic E-state index is 9.81. The lowest BCUT2D eigenvalue weighted by Crippen LogP contribution is -2.32. The minimum Gasteiger partial charge on any atom is -0.388 e. The Morgan fingerprint density at radius 1 is 1.56 bits per heavy atom. The number of anilines is 1. The van der Waals surface area contributed by atoms with E-state index in [0.717, 1.165) is 5.69 Å². The molecule has 0 aliphatic carbocycles. The Balaban J connectivity index is 2.70. The highest BCUT2D eigenvalue weighted by Gasteiger charge is 2.16. The quantitative estimate of drug-likeness (QED) is 0.848.